The summed E-state index contributed by atoms with van der Waals surface area (Å²) in [5, 5.41) is 14.7. The lowest BCUT2D eigenvalue weighted by Crippen LogP contribution is -2.24. The van der Waals surface area contributed by atoms with E-state index in [-0.39, 0.29) is 12.3 Å². The Hall–Kier alpha value is -3.38. The van der Waals surface area contributed by atoms with Gasteiger partial charge in [0.25, 0.3) is 5.91 Å². The lowest BCUT2D eigenvalue weighted by Gasteiger charge is -1.97. The van der Waals surface area contributed by atoms with E-state index in [2.05, 4.69) is 25.9 Å². The van der Waals surface area contributed by atoms with Crippen LogP contribution in [0.1, 0.15) is 5.76 Å². The molecule has 0 radical (unpaired) electrons. The first-order valence-electron chi connectivity index (χ1n) is 7.14. The molecule has 11 nitrogen and oxygen atoms in total. The molecular weight excluding hydrogens is 364 g/mol. The molecule has 1 aromatic carbocycles. The fourth-order valence-corrected chi connectivity index (χ4v) is 2.33. The second-order valence-electron chi connectivity index (χ2n) is 4.93. The van der Waals surface area contributed by atoms with Crippen LogP contribution >= 0.6 is 0 Å². The third kappa shape index (κ3) is 4.37. The lowest BCUT2D eigenvalue weighted by atomic mass is 10.2. The quantitative estimate of drug-likeness (QED) is 0.354. The zero-order chi connectivity index (χ0) is 18.6. The number of hydrogen-bond donors (Lipinski definition) is 2. The Labute approximate surface area is 147 Å². The first-order chi connectivity index (χ1) is 12.4. The van der Waals surface area contributed by atoms with Crippen molar-refractivity contribution < 1.29 is 22.2 Å². The molecular formula is C14H12N6O5S. The maximum Gasteiger partial charge on any atom is 0.328 e. The van der Waals surface area contributed by atoms with Crippen LogP contribution < -0.4 is 5.43 Å². The summed E-state index contributed by atoms with van der Waals surface area (Å²) in [6.45, 7) is -0.217. The van der Waals surface area contributed by atoms with Crippen molar-refractivity contribution in [2.75, 3.05) is 0 Å². The van der Waals surface area contributed by atoms with Gasteiger partial charge in [-0.15, -0.1) is 10.2 Å². The number of nitrogens with zero attached hydrogens (tertiary/aromatic N) is 5. The summed E-state index contributed by atoms with van der Waals surface area (Å²) >= 11 is 0. The number of furan rings is 1. The molecule has 12 heteroatoms. The van der Waals surface area contributed by atoms with Crippen molar-refractivity contribution in [2.45, 2.75) is 11.6 Å². The van der Waals surface area contributed by atoms with Crippen LogP contribution in [0.4, 0.5) is 0 Å². The molecule has 0 saturated carbocycles. The average Bonchev–Trinajstić information content (AvgIpc) is 3.25. The van der Waals surface area contributed by atoms with E-state index in [1.807, 2.05) is 30.3 Å². The molecule has 26 heavy (non-hydrogen) atoms. The Morgan fingerprint density at radius 1 is 1.27 bits per heavy atom. The summed E-state index contributed by atoms with van der Waals surface area (Å²) in [7, 11) is -4.43. The zero-order valence-corrected chi connectivity index (χ0v) is 13.9. The molecule has 2 heterocycles. The number of tetrazole rings is 1. The van der Waals surface area contributed by atoms with Gasteiger partial charge >= 0.3 is 10.1 Å². The lowest BCUT2D eigenvalue weighted by molar-refractivity contribution is -0.122. The molecule has 0 bridgehead atoms. The van der Waals surface area contributed by atoms with E-state index < -0.39 is 21.1 Å². The summed E-state index contributed by atoms with van der Waals surface area (Å²) in [4.78, 5) is 12.9. The van der Waals surface area contributed by atoms with Gasteiger partial charge in [-0.05, 0) is 17.3 Å². The van der Waals surface area contributed by atoms with Crippen LogP contribution in [0.25, 0.3) is 11.4 Å². The van der Waals surface area contributed by atoms with E-state index in [1.54, 1.807) is 0 Å². The standard InChI is InChI=1S/C14H12N6O5S/c21-12(16-15-8-11-6-7-13(25-11)26(22,23)24)9-20-18-14(17-19-20)10-4-2-1-3-5-10/h1-8H,9H2,(H,16,21)(H,22,23,24). The summed E-state index contributed by atoms with van der Waals surface area (Å²) in [6.07, 6.45) is 1.08. The minimum absolute atomic E-state index is 0.0307. The highest BCUT2D eigenvalue weighted by Gasteiger charge is 2.14. The van der Waals surface area contributed by atoms with Gasteiger partial charge < -0.3 is 4.42 Å². The molecule has 0 saturated heterocycles. The predicted octanol–water partition coefficient (Wildman–Crippen LogP) is 0.330. The number of nitrogens with one attached hydrogen (secondary N) is 1. The fraction of sp³-hybridized carbons (Fsp3) is 0.0714. The number of carbonyl (C=O) groups is 1. The van der Waals surface area contributed by atoms with Crippen molar-refractivity contribution >= 4 is 22.2 Å². The highest BCUT2D eigenvalue weighted by atomic mass is 32.2. The van der Waals surface area contributed by atoms with Gasteiger partial charge in [0.2, 0.25) is 10.9 Å². The van der Waals surface area contributed by atoms with E-state index in [4.69, 9.17) is 8.97 Å². The number of benzene rings is 1. The maximum absolute atomic E-state index is 11.8. The number of carbonyl (C=O) groups excluding carboxylic acids is 1. The molecule has 134 valence electrons. The molecule has 0 aliphatic heterocycles. The van der Waals surface area contributed by atoms with Crippen molar-refractivity contribution in [2.24, 2.45) is 5.10 Å². The maximum atomic E-state index is 11.8. The number of hydrazone groups is 1. The smallest absolute Gasteiger partial charge is 0.328 e. The van der Waals surface area contributed by atoms with Gasteiger partial charge in [0.1, 0.15) is 12.3 Å². The second-order valence-corrected chi connectivity index (χ2v) is 6.29. The van der Waals surface area contributed by atoms with Gasteiger partial charge in [-0.1, -0.05) is 30.3 Å². The zero-order valence-electron chi connectivity index (χ0n) is 13.1. The average molecular weight is 376 g/mol. The number of hydrogen-bond acceptors (Lipinski definition) is 8. The van der Waals surface area contributed by atoms with Crippen molar-refractivity contribution in [3.63, 3.8) is 0 Å². The molecule has 3 rings (SSSR count). The van der Waals surface area contributed by atoms with Gasteiger partial charge in [0, 0.05) is 5.56 Å². The van der Waals surface area contributed by atoms with E-state index in [1.165, 1.54) is 6.07 Å². The highest BCUT2D eigenvalue weighted by molar-refractivity contribution is 7.85. The van der Waals surface area contributed by atoms with E-state index in [9.17, 15) is 13.2 Å². The van der Waals surface area contributed by atoms with Crippen LogP contribution in [0.15, 0.2) is 57.1 Å². The largest absolute Gasteiger partial charge is 0.441 e. The molecule has 0 aliphatic carbocycles. The normalized spacial score (nSPS) is 11.7. The molecule has 1 amide bonds. The summed E-state index contributed by atoms with van der Waals surface area (Å²) in [5.41, 5.74) is 2.97. The van der Waals surface area contributed by atoms with E-state index in [0.29, 0.717) is 5.82 Å². The SMILES string of the molecule is O=C(Cn1nnc(-c2ccccc2)n1)NN=Cc1ccc(S(=O)(=O)O)o1. The third-order valence-corrected chi connectivity index (χ3v) is 3.74. The van der Waals surface area contributed by atoms with Gasteiger partial charge in [0.05, 0.1) is 6.21 Å². The van der Waals surface area contributed by atoms with Crippen molar-refractivity contribution in [1.82, 2.24) is 25.6 Å². The van der Waals surface area contributed by atoms with Gasteiger partial charge in [-0.25, -0.2) is 5.43 Å². The van der Waals surface area contributed by atoms with Crippen molar-refractivity contribution in [3.05, 3.63) is 48.2 Å². The Balaban J connectivity index is 1.56. The Bertz CT molecular complexity index is 1040. The summed E-state index contributed by atoms with van der Waals surface area (Å²) < 4.78 is 35.3. The summed E-state index contributed by atoms with van der Waals surface area (Å²) in [6, 6.07) is 11.5. The van der Waals surface area contributed by atoms with Crippen LogP contribution in [-0.4, -0.2) is 45.3 Å². The minimum Gasteiger partial charge on any atom is -0.441 e. The third-order valence-electron chi connectivity index (χ3n) is 3.01. The monoisotopic (exact) mass is 376 g/mol. The topological polar surface area (TPSA) is 153 Å². The van der Waals surface area contributed by atoms with Gasteiger partial charge in [0.15, 0.2) is 0 Å². The van der Waals surface area contributed by atoms with Gasteiger partial charge in [-0.2, -0.15) is 18.3 Å². The van der Waals surface area contributed by atoms with Gasteiger partial charge in [-0.3, -0.25) is 9.35 Å². The molecule has 0 atom stereocenters. The van der Waals surface area contributed by atoms with Crippen molar-refractivity contribution in [3.8, 4) is 11.4 Å². The van der Waals surface area contributed by atoms with E-state index in [0.717, 1.165) is 22.6 Å². The number of amides is 1. The minimum atomic E-state index is -4.43. The highest BCUT2D eigenvalue weighted by Crippen LogP contribution is 2.12. The number of aromatic nitrogens is 4. The van der Waals surface area contributed by atoms with Crippen LogP contribution in [0.3, 0.4) is 0 Å². The molecule has 3 aromatic rings. The molecule has 0 spiro atoms. The first kappa shape index (κ1) is 17.4. The van der Waals surface area contributed by atoms with Crippen LogP contribution in [-0.2, 0) is 21.5 Å². The van der Waals surface area contributed by atoms with Crippen LogP contribution in [0.5, 0.6) is 0 Å². The molecule has 0 unspecified atom stereocenters. The fourth-order valence-electron chi connectivity index (χ4n) is 1.89. The molecule has 0 fully saturated rings. The van der Waals surface area contributed by atoms with Crippen LogP contribution in [0, 0.1) is 0 Å². The predicted molar refractivity (Wildman–Crippen MR) is 87.5 cm³/mol. The molecule has 2 aromatic heterocycles. The Kier molecular flexibility index (Phi) is 4.86. The second kappa shape index (κ2) is 7.25. The Morgan fingerprint density at radius 2 is 2.04 bits per heavy atom. The summed E-state index contributed by atoms with van der Waals surface area (Å²) in [5.74, 6) is -0.113. The molecule has 2 N–H and O–H groups in total. The van der Waals surface area contributed by atoms with Crippen molar-refractivity contribution in [1.29, 1.82) is 0 Å². The van der Waals surface area contributed by atoms with Crippen LogP contribution in [0.2, 0.25) is 0 Å². The molecule has 0 aliphatic rings. The number of rotatable bonds is 6. The Morgan fingerprint density at radius 3 is 2.73 bits per heavy atom. The first-order valence-corrected chi connectivity index (χ1v) is 8.58. The van der Waals surface area contributed by atoms with E-state index >= 15 is 0 Å².